The monoisotopic (exact) mass is 350 g/mol. The average Bonchev–Trinajstić information content (AvgIpc) is 2.55. The minimum absolute atomic E-state index is 0.118. The molecular formula is C18H26N2O5. The number of nitrogens with one attached hydrogen (secondary N) is 2. The van der Waals surface area contributed by atoms with E-state index in [1.54, 1.807) is 12.1 Å². The summed E-state index contributed by atoms with van der Waals surface area (Å²) in [6.07, 6.45) is 1.91. The number of esters is 1. The fraction of sp³-hybridized carbons (Fsp3) is 0.500. The number of ether oxygens (including phenoxy) is 1. The van der Waals surface area contributed by atoms with Crippen LogP contribution in [0.5, 0.6) is 5.75 Å². The Morgan fingerprint density at radius 2 is 1.80 bits per heavy atom. The number of hydrogen-bond acceptors (Lipinski definition) is 5. The highest BCUT2D eigenvalue weighted by Gasteiger charge is 2.24. The van der Waals surface area contributed by atoms with Crippen molar-refractivity contribution in [1.29, 1.82) is 0 Å². The molecule has 2 atom stereocenters. The van der Waals surface area contributed by atoms with E-state index in [1.807, 2.05) is 6.92 Å². The molecule has 0 aliphatic carbocycles. The van der Waals surface area contributed by atoms with E-state index in [-0.39, 0.29) is 18.1 Å². The van der Waals surface area contributed by atoms with Crippen LogP contribution in [-0.2, 0) is 25.5 Å². The molecule has 0 aromatic heterocycles. The highest BCUT2D eigenvalue weighted by molar-refractivity contribution is 5.90. The molecule has 2 unspecified atom stereocenters. The molecule has 25 heavy (non-hydrogen) atoms. The zero-order valence-corrected chi connectivity index (χ0v) is 14.9. The van der Waals surface area contributed by atoms with E-state index < -0.39 is 24.0 Å². The molecule has 0 aliphatic heterocycles. The fourth-order valence-corrected chi connectivity index (χ4v) is 2.14. The number of hydrogen-bond donors (Lipinski definition) is 3. The number of amides is 2. The lowest BCUT2D eigenvalue weighted by Gasteiger charge is -2.20. The molecule has 138 valence electrons. The van der Waals surface area contributed by atoms with Gasteiger partial charge in [0.2, 0.25) is 11.8 Å². The van der Waals surface area contributed by atoms with E-state index in [2.05, 4.69) is 10.6 Å². The number of aromatic hydroxyl groups is 1. The van der Waals surface area contributed by atoms with Gasteiger partial charge in [0.15, 0.2) is 0 Å². The maximum Gasteiger partial charge on any atom is 0.328 e. The van der Waals surface area contributed by atoms with Gasteiger partial charge in [-0.2, -0.15) is 0 Å². The van der Waals surface area contributed by atoms with Gasteiger partial charge in [0.25, 0.3) is 0 Å². The highest BCUT2D eigenvalue weighted by Crippen LogP contribution is 2.11. The SMILES string of the molecule is CCCCOC(=O)C(C)NC(=O)C(Cc1ccc(O)cc1)NC(C)=O. The first-order chi connectivity index (χ1) is 11.8. The number of phenolic OH excluding ortho intramolecular Hbond substituents is 1. The molecular weight excluding hydrogens is 324 g/mol. The van der Waals surface area contributed by atoms with Crippen molar-refractivity contribution in [3.05, 3.63) is 29.8 Å². The molecule has 0 bridgehead atoms. The summed E-state index contributed by atoms with van der Waals surface area (Å²) in [5, 5.41) is 14.5. The summed E-state index contributed by atoms with van der Waals surface area (Å²) < 4.78 is 5.07. The van der Waals surface area contributed by atoms with Crippen molar-refractivity contribution in [3.8, 4) is 5.75 Å². The zero-order valence-electron chi connectivity index (χ0n) is 14.9. The number of phenols is 1. The lowest BCUT2D eigenvalue weighted by atomic mass is 10.0. The number of rotatable bonds is 9. The van der Waals surface area contributed by atoms with Crippen molar-refractivity contribution in [1.82, 2.24) is 10.6 Å². The third kappa shape index (κ3) is 7.69. The van der Waals surface area contributed by atoms with Crippen LogP contribution in [0.3, 0.4) is 0 Å². The Labute approximate surface area is 147 Å². The Morgan fingerprint density at radius 3 is 2.36 bits per heavy atom. The molecule has 7 heteroatoms. The first-order valence-electron chi connectivity index (χ1n) is 8.35. The van der Waals surface area contributed by atoms with Gasteiger partial charge in [-0.1, -0.05) is 25.5 Å². The van der Waals surface area contributed by atoms with Gasteiger partial charge < -0.3 is 20.5 Å². The lowest BCUT2D eigenvalue weighted by molar-refractivity contribution is -0.147. The maximum atomic E-state index is 12.4. The first kappa shape index (κ1) is 20.5. The number of unbranched alkanes of at least 4 members (excludes halogenated alkanes) is 1. The van der Waals surface area contributed by atoms with Crippen molar-refractivity contribution in [3.63, 3.8) is 0 Å². The zero-order chi connectivity index (χ0) is 18.8. The van der Waals surface area contributed by atoms with Crippen LogP contribution >= 0.6 is 0 Å². The minimum Gasteiger partial charge on any atom is -0.508 e. The number of carbonyl (C=O) groups excluding carboxylic acids is 3. The summed E-state index contributed by atoms with van der Waals surface area (Å²) in [6.45, 7) is 5.16. The Morgan fingerprint density at radius 1 is 1.16 bits per heavy atom. The second-order valence-corrected chi connectivity index (χ2v) is 5.88. The van der Waals surface area contributed by atoms with Gasteiger partial charge >= 0.3 is 5.97 Å². The summed E-state index contributed by atoms with van der Waals surface area (Å²) in [5.41, 5.74) is 0.768. The molecule has 0 aliphatic rings. The van der Waals surface area contributed by atoms with Crippen molar-refractivity contribution in [2.24, 2.45) is 0 Å². The maximum absolute atomic E-state index is 12.4. The predicted molar refractivity (Wildman–Crippen MR) is 92.9 cm³/mol. The second-order valence-electron chi connectivity index (χ2n) is 5.88. The predicted octanol–water partition coefficient (Wildman–Crippen LogP) is 1.29. The van der Waals surface area contributed by atoms with Gasteiger partial charge in [0.05, 0.1) is 6.61 Å². The van der Waals surface area contributed by atoms with Crippen LogP contribution in [0.4, 0.5) is 0 Å². The van der Waals surface area contributed by atoms with Crippen LogP contribution in [0.25, 0.3) is 0 Å². The molecule has 0 saturated heterocycles. The van der Waals surface area contributed by atoms with Crippen LogP contribution in [-0.4, -0.2) is 41.6 Å². The topological polar surface area (TPSA) is 105 Å². The van der Waals surface area contributed by atoms with Gasteiger partial charge in [-0.15, -0.1) is 0 Å². The van der Waals surface area contributed by atoms with E-state index in [0.29, 0.717) is 6.61 Å². The molecule has 1 rings (SSSR count). The quantitative estimate of drug-likeness (QED) is 0.460. The summed E-state index contributed by atoms with van der Waals surface area (Å²) in [4.78, 5) is 35.6. The van der Waals surface area contributed by atoms with Crippen molar-refractivity contribution in [2.75, 3.05) is 6.61 Å². The first-order valence-corrected chi connectivity index (χ1v) is 8.35. The fourth-order valence-electron chi connectivity index (χ4n) is 2.14. The Kier molecular flexibility index (Phi) is 8.46. The number of carbonyl (C=O) groups is 3. The van der Waals surface area contributed by atoms with Gasteiger partial charge in [-0.05, 0) is 31.0 Å². The van der Waals surface area contributed by atoms with Crippen molar-refractivity contribution in [2.45, 2.75) is 52.1 Å². The van der Waals surface area contributed by atoms with E-state index in [4.69, 9.17) is 4.74 Å². The van der Waals surface area contributed by atoms with Crippen LogP contribution in [0, 0.1) is 0 Å². The lowest BCUT2D eigenvalue weighted by Crippen LogP contribution is -2.51. The minimum atomic E-state index is -0.826. The second kappa shape index (κ2) is 10.3. The molecule has 0 fully saturated rings. The summed E-state index contributed by atoms with van der Waals surface area (Å²) >= 11 is 0. The summed E-state index contributed by atoms with van der Waals surface area (Å²) in [7, 11) is 0. The normalized spacial score (nSPS) is 12.8. The Hall–Kier alpha value is -2.57. The van der Waals surface area contributed by atoms with Crippen LogP contribution in [0.2, 0.25) is 0 Å². The molecule has 0 saturated carbocycles. The van der Waals surface area contributed by atoms with E-state index in [9.17, 15) is 19.5 Å². The van der Waals surface area contributed by atoms with E-state index >= 15 is 0 Å². The smallest absolute Gasteiger partial charge is 0.328 e. The van der Waals surface area contributed by atoms with Crippen LogP contribution in [0.1, 0.15) is 39.2 Å². The van der Waals surface area contributed by atoms with Crippen molar-refractivity contribution >= 4 is 17.8 Å². The largest absolute Gasteiger partial charge is 0.508 e. The molecule has 2 amide bonds. The van der Waals surface area contributed by atoms with Gasteiger partial charge in [0, 0.05) is 13.3 Å². The third-order valence-corrected chi connectivity index (χ3v) is 3.52. The summed E-state index contributed by atoms with van der Waals surface area (Å²) in [6, 6.07) is 4.71. The molecule has 0 spiro atoms. The Bertz CT molecular complexity index is 586. The van der Waals surface area contributed by atoms with Gasteiger partial charge in [-0.25, -0.2) is 4.79 Å². The molecule has 0 heterocycles. The van der Waals surface area contributed by atoms with Crippen LogP contribution in [0.15, 0.2) is 24.3 Å². The van der Waals surface area contributed by atoms with E-state index in [0.717, 1.165) is 18.4 Å². The Balaban J connectivity index is 2.67. The van der Waals surface area contributed by atoms with Gasteiger partial charge in [-0.3, -0.25) is 9.59 Å². The standard InChI is InChI=1S/C18H26N2O5/c1-4-5-10-25-18(24)12(2)19-17(23)16(20-13(3)21)11-14-6-8-15(22)9-7-14/h6-9,12,16,22H,4-5,10-11H2,1-3H3,(H,19,23)(H,20,21). The molecule has 7 nitrogen and oxygen atoms in total. The average molecular weight is 350 g/mol. The number of benzene rings is 1. The molecule has 1 aromatic rings. The van der Waals surface area contributed by atoms with Crippen LogP contribution < -0.4 is 10.6 Å². The third-order valence-electron chi connectivity index (χ3n) is 3.52. The van der Waals surface area contributed by atoms with Gasteiger partial charge in [0.1, 0.15) is 17.8 Å². The molecule has 1 aromatic carbocycles. The van der Waals surface area contributed by atoms with Crippen molar-refractivity contribution < 1.29 is 24.2 Å². The summed E-state index contributed by atoms with van der Waals surface area (Å²) in [5.74, 6) is -1.21. The molecule has 3 N–H and O–H groups in total. The molecule has 0 radical (unpaired) electrons. The highest BCUT2D eigenvalue weighted by atomic mass is 16.5. The van der Waals surface area contributed by atoms with E-state index in [1.165, 1.54) is 26.0 Å².